The molecule has 4 rings (SSSR count). The number of carbonyl (C=O) groups excluding carboxylic acids is 1. The molecule has 0 atom stereocenters. The van der Waals surface area contributed by atoms with Crippen LogP contribution in [0, 0.1) is 0 Å². The predicted octanol–water partition coefficient (Wildman–Crippen LogP) is 4.25. The maximum absolute atomic E-state index is 12.5. The molecule has 0 heterocycles. The van der Waals surface area contributed by atoms with Crippen LogP contribution in [0.5, 0.6) is 5.75 Å². The van der Waals surface area contributed by atoms with E-state index in [2.05, 4.69) is 28.7 Å². The molecule has 0 unspecified atom stereocenters. The van der Waals surface area contributed by atoms with E-state index < -0.39 is 0 Å². The number of hydrazone groups is 1. The van der Waals surface area contributed by atoms with E-state index in [1.165, 1.54) is 5.56 Å². The van der Waals surface area contributed by atoms with E-state index in [1.54, 1.807) is 7.11 Å². The van der Waals surface area contributed by atoms with Crippen molar-refractivity contribution in [3.63, 3.8) is 0 Å². The number of amides is 1. The first-order valence-corrected chi connectivity index (χ1v) is 9.24. The molecule has 0 radical (unpaired) electrons. The average molecular weight is 358 g/mol. The monoisotopic (exact) mass is 358 g/mol. The van der Waals surface area contributed by atoms with Crippen molar-refractivity contribution in [2.24, 2.45) is 5.10 Å². The van der Waals surface area contributed by atoms with Crippen molar-refractivity contribution >= 4 is 22.4 Å². The standard InChI is InChI=1S/C23H22N2O2/c1-27-19-13-12-17-8-5-11-22(21(17)15-19)24-25-23(26)14-18-9-4-7-16-6-2-3-10-20(16)18/h2-4,6-7,9-10,12-13,15H,5,8,11,14H2,1H3,(H,25,26). The van der Waals surface area contributed by atoms with Crippen LogP contribution in [0.2, 0.25) is 0 Å². The molecule has 0 fully saturated rings. The normalized spacial score (nSPS) is 14.8. The van der Waals surface area contributed by atoms with Crippen LogP contribution < -0.4 is 10.2 Å². The summed E-state index contributed by atoms with van der Waals surface area (Å²) in [7, 11) is 1.66. The van der Waals surface area contributed by atoms with Gasteiger partial charge in [-0.05, 0) is 53.3 Å². The maximum atomic E-state index is 12.5. The number of benzene rings is 3. The number of aryl methyl sites for hydroxylation is 1. The van der Waals surface area contributed by atoms with Gasteiger partial charge in [0.15, 0.2) is 0 Å². The summed E-state index contributed by atoms with van der Waals surface area (Å²) in [5.74, 6) is 0.708. The van der Waals surface area contributed by atoms with Crippen molar-refractivity contribution in [2.45, 2.75) is 25.7 Å². The number of nitrogens with zero attached hydrogens (tertiary/aromatic N) is 1. The highest BCUT2D eigenvalue weighted by Gasteiger charge is 2.17. The molecular formula is C23H22N2O2. The molecule has 4 nitrogen and oxygen atoms in total. The van der Waals surface area contributed by atoms with E-state index in [0.717, 1.165) is 52.6 Å². The highest BCUT2D eigenvalue weighted by molar-refractivity contribution is 6.03. The molecule has 1 N–H and O–H groups in total. The van der Waals surface area contributed by atoms with Gasteiger partial charge in [-0.15, -0.1) is 0 Å². The fourth-order valence-electron chi connectivity index (χ4n) is 3.66. The summed E-state index contributed by atoms with van der Waals surface area (Å²) in [5.41, 5.74) is 7.01. The Morgan fingerprint density at radius 2 is 1.93 bits per heavy atom. The molecule has 4 heteroatoms. The largest absolute Gasteiger partial charge is 0.497 e. The third-order valence-corrected chi connectivity index (χ3v) is 5.03. The summed E-state index contributed by atoms with van der Waals surface area (Å²) in [6, 6.07) is 20.2. The summed E-state index contributed by atoms with van der Waals surface area (Å²) in [4.78, 5) is 12.5. The van der Waals surface area contributed by atoms with Crippen molar-refractivity contribution in [1.82, 2.24) is 5.43 Å². The van der Waals surface area contributed by atoms with Gasteiger partial charge in [-0.3, -0.25) is 4.79 Å². The molecular weight excluding hydrogens is 336 g/mol. The number of fused-ring (bicyclic) bond motifs is 2. The molecule has 0 saturated heterocycles. The minimum Gasteiger partial charge on any atom is -0.497 e. The number of rotatable bonds is 4. The molecule has 0 spiro atoms. The van der Waals surface area contributed by atoms with Crippen LogP contribution in [-0.4, -0.2) is 18.7 Å². The molecule has 27 heavy (non-hydrogen) atoms. The Morgan fingerprint density at radius 1 is 1.07 bits per heavy atom. The summed E-state index contributed by atoms with van der Waals surface area (Å²) >= 11 is 0. The second-order valence-corrected chi connectivity index (χ2v) is 6.79. The van der Waals surface area contributed by atoms with Gasteiger partial charge in [-0.25, -0.2) is 5.43 Å². The Balaban J connectivity index is 1.53. The second-order valence-electron chi connectivity index (χ2n) is 6.79. The van der Waals surface area contributed by atoms with E-state index in [9.17, 15) is 4.79 Å². The number of carbonyl (C=O) groups is 1. The minimum absolute atomic E-state index is 0.103. The first-order chi connectivity index (χ1) is 13.2. The van der Waals surface area contributed by atoms with Gasteiger partial charge in [-0.2, -0.15) is 5.10 Å². The van der Waals surface area contributed by atoms with Gasteiger partial charge in [0.25, 0.3) is 0 Å². The van der Waals surface area contributed by atoms with Crippen LogP contribution >= 0.6 is 0 Å². The molecule has 0 aromatic heterocycles. The van der Waals surface area contributed by atoms with E-state index in [0.29, 0.717) is 6.42 Å². The fourth-order valence-corrected chi connectivity index (χ4v) is 3.66. The van der Waals surface area contributed by atoms with Crippen LogP contribution in [0.1, 0.15) is 29.5 Å². The second kappa shape index (κ2) is 7.62. The number of methoxy groups -OCH3 is 1. The minimum atomic E-state index is -0.103. The molecule has 136 valence electrons. The Kier molecular flexibility index (Phi) is 4.88. The van der Waals surface area contributed by atoms with Gasteiger partial charge < -0.3 is 4.74 Å². The lowest BCUT2D eigenvalue weighted by atomic mass is 9.90. The van der Waals surface area contributed by atoms with Gasteiger partial charge in [0.2, 0.25) is 5.91 Å². The van der Waals surface area contributed by atoms with Crippen LogP contribution in [-0.2, 0) is 17.6 Å². The molecule has 0 bridgehead atoms. The van der Waals surface area contributed by atoms with Gasteiger partial charge in [0.1, 0.15) is 5.75 Å². The topological polar surface area (TPSA) is 50.7 Å². The Labute approximate surface area is 158 Å². The third-order valence-electron chi connectivity index (χ3n) is 5.03. The smallest absolute Gasteiger partial charge is 0.244 e. The van der Waals surface area contributed by atoms with Crippen molar-refractivity contribution in [1.29, 1.82) is 0 Å². The zero-order valence-corrected chi connectivity index (χ0v) is 15.4. The molecule has 3 aromatic carbocycles. The van der Waals surface area contributed by atoms with Crippen LogP contribution in [0.4, 0.5) is 0 Å². The molecule has 1 aliphatic carbocycles. The summed E-state index contributed by atoms with van der Waals surface area (Å²) in [6.45, 7) is 0. The summed E-state index contributed by atoms with van der Waals surface area (Å²) in [6.07, 6.45) is 3.23. The van der Waals surface area contributed by atoms with Gasteiger partial charge >= 0.3 is 0 Å². The third kappa shape index (κ3) is 3.70. The molecule has 3 aromatic rings. The van der Waals surface area contributed by atoms with E-state index >= 15 is 0 Å². The maximum Gasteiger partial charge on any atom is 0.244 e. The summed E-state index contributed by atoms with van der Waals surface area (Å²) in [5, 5.41) is 6.69. The molecule has 1 aliphatic rings. The van der Waals surface area contributed by atoms with Gasteiger partial charge in [0.05, 0.1) is 19.2 Å². The fraction of sp³-hybridized carbons (Fsp3) is 0.217. The number of nitrogens with one attached hydrogen (secondary N) is 1. The van der Waals surface area contributed by atoms with E-state index in [-0.39, 0.29) is 5.91 Å². The predicted molar refractivity (Wildman–Crippen MR) is 108 cm³/mol. The lowest BCUT2D eigenvalue weighted by molar-refractivity contribution is -0.120. The lowest BCUT2D eigenvalue weighted by Crippen LogP contribution is -2.23. The molecule has 0 aliphatic heterocycles. The van der Waals surface area contributed by atoms with Crippen LogP contribution in [0.3, 0.4) is 0 Å². The van der Waals surface area contributed by atoms with Crippen LogP contribution in [0.25, 0.3) is 10.8 Å². The SMILES string of the molecule is COc1ccc2c(c1)C(=NNC(=O)Cc1cccc3ccccc13)CCC2. The zero-order chi connectivity index (χ0) is 18.6. The van der Waals surface area contributed by atoms with Crippen molar-refractivity contribution in [3.05, 3.63) is 77.4 Å². The van der Waals surface area contributed by atoms with Gasteiger partial charge in [0, 0.05) is 5.56 Å². The quantitative estimate of drug-likeness (QED) is 0.709. The van der Waals surface area contributed by atoms with Crippen molar-refractivity contribution < 1.29 is 9.53 Å². The average Bonchev–Trinajstić information content (AvgIpc) is 2.72. The number of ether oxygens (including phenoxy) is 1. The van der Waals surface area contributed by atoms with E-state index in [1.807, 2.05) is 42.5 Å². The van der Waals surface area contributed by atoms with Crippen molar-refractivity contribution in [3.8, 4) is 5.75 Å². The molecule has 0 saturated carbocycles. The Bertz CT molecular complexity index is 1020. The molecule has 1 amide bonds. The van der Waals surface area contributed by atoms with Crippen LogP contribution in [0.15, 0.2) is 65.8 Å². The first-order valence-electron chi connectivity index (χ1n) is 9.24. The first kappa shape index (κ1) is 17.3. The highest BCUT2D eigenvalue weighted by atomic mass is 16.5. The van der Waals surface area contributed by atoms with Gasteiger partial charge in [-0.1, -0.05) is 48.5 Å². The Morgan fingerprint density at radius 3 is 2.81 bits per heavy atom. The van der Waals surface area contributed by atoms with Crippen molar-refractivity contribution in [2.75, 3.05) is 7.11 Å². The number of hydrogen-bond donors (Lipinski definition) is 1. The highest BCUT2D eigenvalue weighted by Crippen LogP contribution is 2.26. The number of hydrogen-bond acceptors (Lipinski definition) is 3. The van der Waals surface area contributed by atoms with E-state index in [4.69, 9.17) is 4.74 Å². The summed E-state index contributed by atoms with van der Waals surface area (Å²) < 4.78 is 5.33. The lowest BCUT2D eigenvalue weighted by Gasteiger charge is -2.18. The zero-order valence-electron chi connectivity index (χ0n) is 15.4. The Hall–Kier alpha value is -3.14.